The molecule has 0 spiro atoms. The van der Waals surface area contributed by atoms with Crippen LogP contribution in [0.2, 0.25) is 0 Å². The third-order valence-corrected chi connectivity index (χ3v) is 2.12. The molecule has 5 heteroatoms. The lowest BCUT2D eigenvalue weighted by molar-refractivity contribution is 0.0699. The molecule has 0 atom stereocenters. The molecule has 1 heterocycles. The van der Waals surface area contributed by atoms with Crippen molar-refractivity contribution in [2.24, 2.45) is 0 Å². The van der Waals surface area contributed by atoms with Crippen LogP contribution in [-0.4, -0.2) is 28.6 Å². The number of carbonyl (C=O) groups is 1. The molecule has 5 nitrogen and oxygen atoms in total. The van der Waals surface area contributed by atoms with E-state index in [1.165, 1.54) is 6.20 Å². The second-order valence-electron chi connectivity index (χ2n) is 2.92. The lowest BCUT2D eigenvalue weighted by atomic mass is 10.2. The van der Waals surface area contributed by atoms with Crippen molar-refractivity contribution in [1.29, 1.82) is 0 Å². The fraction of sp³-hybridized carbons (Fsp3) is 0.100. The van der Waals surface area contributed by atoms with E-state index < -0.39 is 5.97 Å². The van der Waals surface area contributed by atoms with E-state index in [9.17, 15) is 4.79 Å². The Balaban J connectivity index is 0.00000112. The zero-order valence-electron chi connectivity index (χ0n) is 8.07. The Hall–Kier alpha value is -2.01. The van der Waals surface area contributed by atoms with Gasteiger partial charge in [0.15, 0.2) is 0 Å². The van der Waals surface area contributed by atoms with E-state index in [1.807, 2.05) is 0 Å². The SMILES string of the molecule is COc1ccc2[nH]cc(C(=O)O)c2c1.O. The molecule has 15 heavy (non-hydrogen) atoms. The monoisotopic (exact) mass is 209 g/mol. The van der Waals surface area contributed by atoms with Gasteiger partial charge in [-0.05, 0) is 18.2 Å². The molecule has 0 unspecified atom stereocenters. The van der Waals surface area contributed by atoms with Crippen LogP contribution in [0.5, 0.6) is 5.75 Å². The van der Waals surface area contributed by atoms with Crippen molar-refractivity contribution >= 4 is 16.9 Å². The Morgan fingerprint density at radius 2 is 2.20 bits per heavy atom. The summed E-state index contributed by atoms with van der Waals surface area (Å²) in [7, 11) is 1.55. The summed E-state index contributed by atoms with van der Waals surface area (Å²) < 4.78 is 5.02. The number of carboxylic acids is 1. The van der Waals surface area contributed by atoms with Gasteiger partial charge in [-0.2, -0.15) is 0 Å². The largest absolute Gasteiger partial charge is 0.497 e. The normalized spacial score (nSPS) is 9.67. The second-order valence-corrected chi connectivity index (χ2v) is 2.92. The van der Waals surface area contributed by atoms with E-state index in [0.717, 1.165) is 5.52 Å². The van der Waals surface area contributed by atoms with Crippen molar-refractivity contribution in [2.75, 3.05) is 7.11 Å². The number of fused-ring (bicyclic) bond motifs is 1. The van der Waals surface area contributed by atoms with Crippen LogP contribution >= 0.6 is 0 Å². The van der Waals surface area contributed by atoms with Gasteiger partial charge in [0.05, 0.1) is 12.7 Å². The third-order valence-electron chi connectivity index (χ3n) is 2.12. The summed E-state index contributed by atoms with van der Waals surface area (Å²) in [4.78, 5) is 13.7. The number of benzene rings is 1. The first kappa shape index (κ1) is 11.1. The maximum absolute atomic E-state index is 10.8. The second kappa shape index (κ2) is 4.02. The number of hydrogen-bond donors (Lipinski definition) is 2. The molecule has 0 aliphatic heterocycles. The molecule has 0 aliphatic carbocycles. The van der Waals surface area contributed by atoms with E-state index in [1.54, 1.807) is 25.3 Å². The van der Waals surface area contributed by atoms with Crippen LogP contribution < -0.4 is 4.74 Å². The van der Waals surface area contributed by atoms with Crippen molar-refractivity contribution < 1.29 is 20.1 Å². The molecule has 0 saturated heterocycles. The van der Waals surface area contributed by atoms with Gasteiger partial charge in [0.2, 0.25) is 0 Å². The fourth-order valence-electron chi connectivity index (χ4n) is 1.40. The van der Waals surface area contributed by atoms with Crippen molar-refractivity contribution in [3.63, 3.8) is 0 Å². The lowest BCUT2D eigenvalue weighted by Crippen LogP contribution is -1.93. The zero-order valence-corrected chi connectivity index (χ0v) is 8.07. The number of methoxy groups -OCH3 is 1. The Kier molecular flexibility index (Phi) is 2.96. The fourth-order valence-corrected chi connectivity index (χ4v) is 1.40. The molecule has 4 N–H and O–H groups in total. The number of ether oxygens (including phenoxy) is 1. The Bertz CT molecular complexity index is 489. The van der Waals surface area contributed by atoms with E-state index in [4.69, 9.17) is 9.84 Å². The first-order valence-electron chi connectivity index (χ1n) is 4.11. The molecule has 0 amide bonds. The van der Waals surface area contributed by atoms with Gasteiger partial charge in [0.25, 0.3) is 0 Å². The highest BCUT2D eigenvalue weighted by atomic mass is 16.5. The summed E-state index contributed by atoms with van der Waals surface area (Å²) in [5.41, 5.74) is 1.06. The minimum Gasteiger partial charge on any atom is -0.497 e. The van der Waals surface area contributed by atoms with Crippen molar-refractivity contribution in [3.05, 3.63) is 30.0 Å². The maximum Gasteiger partial charge on any atom is 0.337 e. The topological polar surface area (TPSA) is 93.8 Å². The minimum absolute atomic E-state index is 0. The number of nitrogens with one attached hydrogen (secondary N) is 1. The molecule has 2 rings (SSSR count). The number of rotatable bonds is 2. The Morgan fingerprint density at radius 3 is 2.80 bits per heavy atom. The molecule has 1 aromatic carbocycles. The van der Waals surface area contributed by atoms with Gasteiger partial charge in [0.1, 0.15) is 5.75 Å². The standard InChI is InChI=1S/C10H9NO3.H2O/c1-14-6-2-3-9-7(4-6)8(5-11-9)10(12)13;/h2-5,11H,1H3,(H,12,13);1H2. The summed E-state index contributed by atoms with van der Waals surface area (Å²) in [5.74, 6) is -0.288. The molecular formula is C10H11NO4. The quantitative estimate of drug-likeness (QED) is 0.773. The number of aromatic amines is 1. The predicted molar refractivity (Wildman–Crippen MR) is 55.4 cm³/mol. The maximum atomic E-state index is 10.8. The highest BCUT2D eigenvalue weighted by Crippen LogP contribution is 2.23. The van der Waals surface area contributed by atoms with Gasteiger partial charge in [-0.3, -0.25) is 0 Å². The minimum atomic E-state index is -0.940. The third kappa shape index (κ3) is 1.77. The van der Waals surface area contributed by atoms with Gasteiger partial charge in [0, 0.05) is 17.1 Å². The van der Waals surface area contributed by atoms with Crippen LogP contribution in [0.3, 0.4) is 0 Å². The Morgan fingerprint density at radius 1 is 1.47 bits per heavy atom. The highest BCUT2D eigenvalue weighted by Gasteiger charge is 2.10. The van der Waals surface area contributed by atoms with E-state index in [0.29, 0.717) is 11.1 Å². The molecule has 0 saturated carbocycles. The van der Waals surface area contributed by atoms with Crippen LogP contribution in [0, 0.1) is 0 Å². The number of aromatic nitrogens is 1. The van der Waals surface area contributed by atoms with E-state index in [-0.39, 0.29) is 11.0 Å². The predicted octanol–water partition coefficient (Wildman–Crippen LogP) is 1.05. The average Bonchev–Trinajstić information content (AvgIpc) is 2.59. The van der Waals surface area contributed by atoms with Crippen LogP contribution in [0.15, 0.2) is 24.4 Å². The lowest BCUT2D eigenvalue weighted by Gasteiger charge is -1.99. The summed E-state index contributed by atoms with van der Waals surface area (Å²) in [6.07, 6.45) is 1.48. The molecule has 1 aromatic heterocycles. The molecule has 2 aromatic rings. The van der Waals surface area contributed by atoms with Crippen molar-refractivity contribution in [1.82, 2.24) is 4.98 Å². The number of aromatic carboxylic acids is 1. The van der Waals surface area contributed by atoms with E-state index in [2.05, 4.69) is 4.98 Å². The number of H-pyrrole nitrogens is 1. The van der Waals surface area contributed by atoms with Crippen LogP contribution in [0.4, 0.5) is 0 Å². The van der Waals surface area contributed by atoms with Gasteiger partial charge in [-0.15, -0.1) is 0 Å². The first-order chi connectivity index (χ1) is 6.72. The van der Waals surface area contributed by atoms with Crippen molar-refractivity contribution in [3.8, 4) is 5.75 Å². The molecule has 0 fully saturated rings. The highest BCUT2D eigenvalue weighted by molar-refractivity contribution is 6.03. The first-order valence-corrected chi connectivity index (χ1v) is 4.11. The van der Waals surface area contributed by atoms with Gasteiger partial charge in [-0.25, -0.2) is 4.79 Å². The summed E-state index contributed by atoms with van der Waals surface area (Å²) in [5, 5.41) is 9.54. The number of hydrogen-bond acceptors (Lipinski definition) is 2. The van der Waals surface area contributed by atoms with Crippen LogP contribution in [0.1, 0.15) is 10.4 Å². The van der Waals surface area contributed by atoms with Gasteiger partial charge < -0.3 is 20.3 Å². The zero-order chi connectivity index (χ0) is 10.1. The van der Waals surface area contributed by atoms with Gasteiger partial charge in [-0.1, -0.05) is 0 Å². The summed E-state index contributed by atoms with van der Waals surface area (Å²) >= 11 is 0. The van der Waals surface area contributed by atoms with E-state index >= 15 is 0 Å². The smallest absolute Gasteiger partial charge is 0.337 e. The van der Waals surface area contributed by atoms with Crippen LogP contribution in [0.25, 0.3) is 10.9 Å². The van der Waals surface area contributed by atoms with Crippen molar-refractivity contribution in [2.45, 2.75) is 0 Å². The molecule has 0 bridgehead atoms. The van der Waals surface area contributed by atoms with Gasteiger partial charge >= 0.3 is 5.97 Å². The summed E-state index contributed by atoms with van der Waals surface area (Å²) in [6, 6.07) is 5.28. The van der Waals surface area contributed by atoms with Crippen LogP contribution in [-0.2, 0) is 0 Å². The number of carboxylic acid groups (broad SMARTS) is 1. The molecule has 0 radical (unpaired) electrons. The molecule has 80 valence electrons. The molecule has 0 aliphatic rings. The average molecular weight is 209 g/mol. The Labute approximate surface area is 85.6 Å². The summed E-state index contributed by atoms with van der Waals surface area (Å²) in [6.45, 7) is 0. The molecular weight excluding hydrogens is 198 g/mol.